The van der Waals surface area contributed by atoms with Crippen LogP contribution in [0.1, 0.15) is 0 Å². The van der Waals surface area contributed by atoms with Gasteiger partial charge in [0.1, 0.15) is 0 Å². The lowest BCUT2D eigenvalue weighted by Crippen LogP contribution is -1.87. The summed E-state index contributed by atoms with van der Waals surface area (Å²) >= 11 is 0. The van der Waals surface area contributed by atoms with Crippen molar-refractivity contribution in [1.82, 2.24) is 0 Å². The van der Waals surface area contributed by atoms with Crippen LogP contribution in [-0.4, -0.2) is 23.4 Å². The molecule has 110 valence electrons. The summed E-state index contributed by atoms with van der Waals surface area (Å²) in [6.07, 6.45) is 3.42. The minimum atomic E-state index is -0.0913. The van der Waals surface area contributed by atoms with Crippen LogP contribution in [0, 0.1) is 0 Å². The fourth-order valence-electron chi connectivity index (χ4n) is 1.62. The molecule has 21 heavy (non-hydrogen) atoms. The summed E-state index contributed by atoms with van der Waals surface area (Å²) in [6.45, 7) is 8.18. The molecule has 0 fully saturated rings. The van der Waals surface area contributed by atoms with Crippen LogP contribution in [0.5, 0.6) is 11.5 Å². The van der Waals surface area contributed by atoms with Gasteiger partial charge in [0.15, 0.2) is 11.5 Å². The molecule has 0 unspecified atom stereocenters. The molecule has 0 aliphatic heterocycles. The van der Waals surface area contributed by atoms with Gasteiger partial charge in [0, 0.05) is 5.56 Å². The Balaban J connectivity index is 0.000000270. The third-order valence-corrected chi connectivity index (χ3v) is 2.57. The quantitative estimate of drug-likeness (QED) is 0.493. The molecule has 0 aromatic heterocycles. The summed E-state index contributed by atoms with van der Waals surface area (Å²) in [5.74, 6) is -0.162. The molecule has 0 heterocycles. The topological polar surface area (TPSA) is 49.7 Å². The third-order valence-electron chi connectivity index (χ3n) is 2.57. The minimum absolute atomic E-state index is 0.0706. The number of hydrogen-bond donors (Lipinski definition) is 2. The van der Waals surface area contributed by atoms with Crippen molar-refractivity contribution in [3.63, 3.8) is 0 Å². The van der Waals surface area contributed by atoms with Crippen molar-refractivity contribution in [3.8, 4) is 22.6 Å². The second-order valence-corrected chi connectivity index (χ2v) is 4.15. The largest absolute Gasteiger partial charge is 0.504 e. The van der Waals surface area contributed by atoms with Gasteiger partial charge in [-0.1, -0.05) is 54.6 Å². The van der Waals surface area contributed by atoms with Crippen LogP contribution in [0.15, 0.2) is 73.8 Å². The summed E-state index contributed by atoms with van der Waals surface area (Å²) in [5, 5.41) is 18.9. The monoisotopic (exact) mass is 284 g/mol. The van der Waals surface area contributed by atoms with Crippen molar-refractivity contribution < 1.29 is 14.9 Å². The number of phenolic OH excluding ortho intramolecular Hbond substituents is 2. The second-order valence-electron chi connectivity index (χ2n) is 4.15. The van der Waals surface area contributed by atoms with Crippen molar-refractivity contribution in [2.24, 2.45) is 0 Å². The lowest BCUT2D eigenvalue weighted by Gasteiger charge is -2.05. The molecule has 2 aromatic carbocycles. The zero-order valence-electron chi connectivity index (χ0n) is 11.9. The fourth-order valence-corrected chi connectivity index (χ4v) is 1.62. The maximum atomic E-state index is 9.60. The Hall–Kier alpha value is -2.52. The van der Waals surface area contributed by atoms with Gasteiger partial charge in [-0.05, 0) is 11.6 Å². The van der Waals surface area contributed by atoms with Crippen LogP contribution in [-0.2, 0) is 4.74 Å². The second kappa shape index (κ2) is 9.39. The van der Waals surface area contributed by atoms with Crippen molar-refractivity contribution in [2.45, 2.75) is 0 Å². The van der Waals surface area contributed by atoms with Gasteiger partial charge in [-0.2, -0.15) is 0 Å². The van der Waals surface area contributed by atoms with Gasteiger partial charge in [0.05, 0.1) is 13.2 Å². The Morgan fingerprint density at radius 1 is 0.857 bits per heavy atom. The first-order valence-corrected chi connectivity index (χ1v) is 6.56. The third kappa shape index (κ3) is 5.55. The van der Waals surface area contributed by atoms with E-state index in [1.165, 1.54) is 6.07 Å². The van der Waals surface area contributed by atoms with Crippen LogP contribution < -0.4 is 0 Å². The summed E-state index contributed by atoms with van der Waals surface area (Å²) in [7, 11) is 0. The highest BCUT2D eigenvalue weighted by Crippen LogP contribution is 2.35. The van der Waals surface area contributed by atoms with Gasteiger partial charge in [-0.25, -0.2) is 0 Å². The molecule has 3 nitrogen and oxygen atoms in total. The Morgan fingerprint density at radius 3 is 2.05 bits per heavy atom. The Bertz CT molecular complexity index is 554. The maximum absolute atomic E-state index is 9.60. The van der Waals surface area contributed by atoms with E-state index < -0.39 is 0 Å². The predicted molar refractivity (Wildman–Crippen MR) is 86.4 cm³/mol. The molecule has 0 atom stereocenters. The summed E-state index contributed by atoms with van der Waals surface area (Å²) < 4.78 is 4.90. The van der Waals surface area contributed by atoms with E-state index in [2.05, 4.69) is 13.2 Å². The van der Waals surface area contributed by atoms with Crippen molar-refractivity contribution in [3.05, 3.63) is 73.8 Å². The molecular weight excluding hydrogens is 264 g/mol. The smallest absolute Gasteiger partial charge is 0.165 e. The number of ether oxygens (including phenoxy) is 1. The van der Waals surface area contributed by atoms with Gasteiger partial charge in [-0.15, -0.1) is 13.2 Å². The fraction of sp³-hybridized carbons (Fsp3) is 0.111. The Morgan fingerprint density at radius 2 is 1.48 bits per heavy atom. The van der Waals surface area contributed by atoms with E-state index >= 15 is 0 Å². The molecule has 0 amide bonds. The van der Waals surface area contributed by atoms with Crippen LogP contribution in [0.3, 0.4) is 0 Å². The van der Waals surface area contributed by atoms with E-state index in [0.29, 0.717) is 18.8 Å². The molecule has 0 spiro atoms. The van der Waals surface area contributed by atoms with E-state index in [1.807, 2.05) is 30.3 Å². The van der Waals surface area contributed by atoms with Gasteiger partial charge in [0.2, 0.25) is 0 Å². The molecule has 0 aliphatic rings. The number of benzene rings is 2. The first-order chi connectivity index (χ1) is 10.2. The molecule has 0 aliphatic carbocycles. The normalized spacial score (nSPS) is 9.33. The highest BCUT2D eigenvalue weighted by atomic mass is 16.5. The Labute approximate surface area is 125 Å². The number of hydrogen-bond acceptors (Lipinski definition) is 3. The van der Waals surface area contributed by atoms with Crippen LogP contribution in [0.4, 0.5) is 0 Å². The molecule has 2 rings (SSSR count). The maximum Gasteiger partial charge on any atom is 0.165 e. The zero-order chi connectivity index (χ0) is 15.5. The molecule has 2 aromatic rings. The number of rotatable bonds is 5. The van der Waals surface area contributed by atoms with Crippen molar-refractivity contribution >= 4 is 0 Å². The van der Waals surface area contributed by atoms with Gasteiger partial charge in [-0.3, -0.25) is 0 Å². The first-order valence-electron chi connectivity index (χ1n) is 6.56. The predicted octanol–water partition coefficient (Wildman–Crippen LogP) is 4.14. The van der Waals surface area contributed by atoms with Crippen LogP contribution in [0.25, 0.3) is 11.1 Å². The van der Waals surface area contributed by atoms with Crippen molar-refractivity contribution in [1.29, 1.82) is 0 Å². The minimum Gasteiger partial charge on any atom is -0.504 e. The van der Waals surface area contributed by atoms with E-state index in [1.54, 1.807) is 24.3 Å². The average molecular weight is 284 g/mol. The van der Waals surface area contributed by atoms with E-state index in [-0.39, 0.29) is 11.5 Å². The first kappa shape index (κ1) is 16.5. The van der Waals surface area contributed by atoms with Crippen molar-refractivity contribution in [2.75, 3.05) is 13.2 Å². The summed E-state index contributed by atoms with van der Waals surface area (Å²) in [5.41, 5.74) is 1.53. The molecule has 2 N–H and O–H groups in total. The molecule has 0 radical (unpaired) electrons. The molecule has 3 heteroatoms. The SMILES string of the molecule is C=CCOCC=C.Oc1cccc(-c2ccccc2)c1O. The van der Waals surface area contributed by atoms with Gasteiger partial charge >= 0.3 is 0 Å². The average Bonchev–Trinajstić information content (AvgIpc) is 2.52. The van der Waals surface area contributed by atoms with Gasteiger partial charge in [0.25, 0.3) is 0 Å². The van der Waals surface area contributed by atoms with Crippen LogP contribution >= 0.6 is 0 Å². The van der Waals surface area contributed by atoms with E-state index in [0.717, 1.165) is 5.56 Å². The lowest BCUT2D eigenvalue weighted by molar-refractivity contribution is 0.194. The Kier molecular flexibility index (Phi) is 7.40. The molecule has 0 bridgehead atoms. The zero-order valence-corrected chi connectivity index (χ0v) is 11.9. The lowest BCUT2D eigenvalue weighted by atomic mass is 10.0. The van der Waals surface area contributed by atoms with E-state index in [9.17, 15) is 10.2 Å². The summed E-state index contributed by atoms with van der Waals surface area (Å²) in [4.78, 5) is 0. The summed E-state index contributed by atoms with van der Waals surface area (Å²) in [6, 6.07) is 14.4. The number of para-hydroxylation sites is 1. The van der Waals surface area contributed by atoms with E-state index in [4.69, 9.17) is 4.74 Å². The molecule has 0 saturated carbocycles. The molecular formula is C18H20O3. The standard InChI is InChI=1S/C12H10O2.C6H10O/c13-11-8-4-7-10(12(11)14)9-5-2-1-3-6-9;1-3-5-7-6-4-2/h1-8,13-14H;3-4H,1-2,5-6H2. The highest BCUT2D eigenvalue weighted by Gasteiger charge is 2.06. The molecule has 0 saturated heterocycles. The number of aromatic hydroxyl groups is 2. The number of phenols is 2. The van der Waals surface area contributed by atoms with Crippen LogP contribution in [0.2, 0.25) is 0 Å². The van der Waals surface area contributed by atoms with Gasteiger partial charge < -0.3 is 14.9 Å². The highest BCUT2D eigenvalue weighted by molar-refractivity contribution is 5.72.